The van der Waals surface area contributed by atoms with Crippen LogP contribution in [0.4, 0.5) is 0 Å². The molecule has 1 saturated carbocycles. The summed E-state index contributed by atoms with van der Waals surface area (Å²) in [6, 6.07) is 0. The van der Waals surface area contributed by atoms with Gasteiger partial charge in [-0.1, -0.05) is 20.1 Å². The molecule has 0 amide bonds. The molecule has 24 heavy (non-hydrogen) atoms. The first-order valence-electron chi connectivity index (χ1n) is 8.39. The molecule has 2 fully saturated rings. The first-order chi connectivity index (χ1) is 11.3. The molecule has 1 heterocycles. The van der Waals surface area contributed by atoms with Crippen LogP contribution in [0.2, 0.25) is 0 Å². The van der Waals surface area contributed by atoms with E-state index < -0.39 is 17.5 Å². The van der Waals surface area contributed by atoms with E-state index in [1.54, 1.807) is 6.92 Å². The molecule has 0 bridgehead atoms. The van der Waals surface area contributed by atoms with Crippen molar-refractivity contribution in [3.05, 3.63) is 35.5 Å². The van der Waals surface area contributed by atoms with Gasteiger partial charge >= 0.3 is 11.9 Å². The first-order valence-corrected chi connectivity index (χ1v) is 8.39. The van der Waals surface area contributed by atoms with Gasteiger partial charge in [-0.3, -0.25) is 0 Å². The predicted octanol–water partition coefficient (Wildman–Crippen LogP) is 2.45. The number of hydrogen-bond donors (Lipinski definition) is 1. The molecule has 0 aromatic carbocycles. The van der Waals surface area contributed by atoms with Crippen LogP contribution in [0.1, 0.15) is 39.5 Å². The van der Waals surface area contributed by atoms with Gasteiger partial charge in [0.05, 0.1) is 6.61 Å². The minimum atomic E-state index is -0.437. The predicted molar refractivity (Wildman–Crippen MR) is 87.9 cm³/mol. The van der Waals surface area contributed by atoms with Crippen LogP contribution >= 0.6 is 0 Å². The average Bonchev–Trinajstić information content (AvgIpc) is 2.82. The highest BCUT2D eigenvalue weighted by molar-refractivity contribution is 5.91. The van der Waals surface area contributed by atoms with Crippen molar-refractivity contribution < 1.29 is 24.2 Å². The zero-order valence-corrected chi connectivity index (χ0v) is 14.3. The maximum absolute atomic E-state index is 12.0. The highest BCUT2D eigenvalue weighted by Crippen LogP contribution is 2.56. The summed E-state index contributed by atoms with van der Waals surface area (Å²) in [4.78, 5) is 24.0. The van der Waals surface area contributed by atoms with Crippen LogP contribution in [-0.4, -0.2) is 35.9 Å². The smallest absolute Gasteiger partial charge is 0.334 e. The van der Waals surface area contributed by atoms with Crippen LogP contribution in [-0.2, 0) is 19.1 Å². The molecular formula is C19H24O5. The van der Waals surface area contributed by atoms with Crippen molar-refractivity contribution in [1.29, 1.82) is 0 Å². The lowest BCUT2D eigenvalue weighted by molar-refractivity contribution is -0.154. The molecule has 130 valence electrons. The van der Waals surface area contributed by atoms with Crippen molar-refractivity contribution in [2.45, 2.75) is 51.7 Å². The summed E-state index contributed by atoms with van der Waals surface area (Å²) in [6.07, 6.45) is 2.10. The average molecular weight is 332 g/mol. The topological polar surface area (TPSA) is 72.8 Å². The number of aliphatic hydroxyl groups is 1. The van der Waals surface area contributed by atoms with Gasteiger partial charge in [0.25, 0.3) is 0 Å². The van der Waals surface area contributed by atoms with E-state index in [2.05, 4.69) is 13.2 Å². The second kappa shape index (κ2) is 5.88. The quantitative estimate of drug-likeness (QED) is 0.488. The minimum absolute atomic E-state index is 0.0438. The number of aliphatic hydroxyl groups excluding tert-OH is 1. The maximum Gasteiger partial charge on any atom is 0.334 e. The molecule has 4 atom stereocenters. The van der Waals surface area contributed by atoms with Gasteiger partial charge < -0.3 is 14.6 Å². The molecule has 3 aliphatic rings. The Morgan fingerprint density at radius 3 is 2.79 bits per heavy atom. The van der Waals surface area contributed by atoms with Crippen LogP contribution < -0.4 is 0 Å². The lowest BCUT2D eigenvalue weighted by atomic mass is 9.58. The van der Waals surface area contributed by atoms with Gasteiger partial charge in [-0.25, -0.2) is 9.59 Å². The minimum Gasteiger partial charge on any atom is -0.458 e. The van der Waals surface area contributed by atoms with Gasteiger partial charge in [-0.05, 0) is 43.8 Å². The van der Waals surface area contributed by atoms with Crippen molar-refractivity contribution in [3.8, 4) is 0 Å². The molecule has 3 rings (SSSR count). The Morgan fingerprint density at radius 1 is 1.46 bits per heavy atom. The van der Waals surface area contributed by atoms with E-state index in [-0.39, 0.29) is 24.6 Å². The SMILES string of the molecule is C=C(C)C(=O)O[C@H]1CCC(CO)=C2[C@H]3OC(=O)C(=C)[C@@H]3CC[C@]21C. The molecule has 5 heteroatoms. The number of carbonyl (C=O) groups is 2. The summed E-state index contributed by atoms with van der Waals surface area (Å²) in [6.45, 7) is 11.1. The van der Waals surface area contributed by atoms with Gasteiger partial charge in [0, 0.05) is 22.5 Å². The van der Waals surface area contributed by atoms with Gasteiger partial charge in [0.1, 0.15) is 12.2 Å². The van der Waals surface area contributed by atoms with E-state index in [1.165, 1.54) is 0 Å². The van der Waals surface area contributed by atoms with Gasteiger partial charge in [-0.15, -0.1) is 0 Å². The van der Waals surface area contributed by atoms with Crippen molar-refractivity contribution in [1.82, 2.24) is 0 Å². The molecule has 0 spiro atoms. The molecule has 1 aliphatic heterocycles. The Labute approximate surface area is 142 Å². The molecule has 0 unspecified atom stereocenters. The van der Waals surface area contributed by atoms with Crippen LogP contribution in [0, 0.1) is 11.3 Å². The number of fused-ring (bicyclic) bond motifs is 3. The van der Waals surface area contributed by atoms with Gasteiger partial charge in [0.2, 0.25) is 0 Å². The standard InChI is InChI=1S/C19H24O5/c1-10(2)17(21)23-14-6-5-12(9-20)15-16-13(7-8-19(14,15)4)11(3)18(22)24-16/h13-14,16,20H,1,3,5-9H2,2,4H3/t13-,14-,16-,19-/m0/s1. The zero-order chi connectivity index (χ0) is 17.6. The lowest BCUT2D eigenvalue weighted by Gasteiger charge is -2.49. The summed E-state index contributed by atoms with van der Waals surface area (Å²) in [5.74, 6) is -0.805. The van der Waals surface area contributed by atoms with Crippen LogP contribution in [0.15, 0.2) is 35.5 Å². The fourth-order valence-corrected chi connectivity index (χ4v) is 4.39. The van der Waals surface area contributed by atoms with Crippen molar-refractivity contribution in [3.63, 3.8) is 0 Å². The van der Waals surface area contributed by atoms with E-state index in [4.69, 9.17) is 9.47 Å². The van der Waals surface area contributed by atoms with Crippen molar-refractivity contribution >= 4 is 11.9 Å². The van der Waals surface area contributed by atoms with E-state index in [1.807, 2.05) is 6.92 Å². The van der Waals surface area contributed by atoms with E-state index in [9.17, 15) is 14.7 Å². The number of carbonyl (C=O) groups excluding carboxylic acids is 2. The molecule has 1 N–H and O–H groups in total. The Kier molecular flexibility index (Phi) is 4.16. The third-order valence-electron chi connectivity index (χ3n) is 5.77. The zero-order valence-electron chi connectivity index (χ0n) is 14.3. The summed E-state index contributed by atoms with van der Waals surface area (Å²) in [5, 5.41) is 9.81. The Bertz CT molecular complexity index is 659. The third kappa shape index (κ3) is 2.42. The van der Waals surface area contributed by atoms with Crippen molar-refractivity contribution in [2.75, 3.05) is 6.61 Å². The molecule has 1 saturated heterocycles. The first kappa shape index (κ1) is 17.0. The molecular weight excluding hydrogens is 308 g/mol. The second-order valence-corrected chi connectivity index (χ2v) is 7.30. The normalized spacial score (nSPS) is 35.2. The summed E-state index contributed by atoms with van der Waals surface area (Å²) < 4.78 is 11.3. The van der Waals surface area contributed by atoms with Crippen LogP contribution in [0.3, 0.4) is 0 Å². The van der Waals surface area contributed by atoms with Crippen molar-refractivity contribution in [2.24, 2.45) is 11.3 Å². The number of esters is 2. The summed E-state index contributed by atoms with van der Waals surface area (Å²) in [5.41, 5.74) is 2.27. The monoisotopic (exact) mass is 332 g/mol. The Hall–Kier alpha value is -1.88. The highest BCUT2D eigenvalue weighted by Gasteiger charge is 2.56. The molecule has 2 aliphatic carbocycles. The van der Waals surface area contributed by atoms with Crippen LogP contribution in [0.5, 0.6) is 0 Å². The molecule has 5 nitrogen and oxygen atoms in total. The van der Waals surface area contributed by atoms with E-state index in [0.717, 1.165) is 24.0 Å². The molecule has 0 aromatic rings. The maximum atomic E-state index is 12.0. The Morgan fingerprint density at radius 2 is 2.17 bits per heavy atom. The van der Waals surface area contributed by atoms with Gasteiger partial charge in [0.15, 0.2) is 0 Å². The largest absolute Gasteiger partial charge is 0.458 e. The number of hydrogen-bond acceptors (Lipinski definition) is 5. The molecule has 0 aromatic heterocycles. The lowest BCUT2D eigenvalue weighted by Crippen LogP contribution is -2.49. The second-order valence-electron chi connectivity index (χ2n) is 7.30. The van der Waals surface area contributed by atoms with Crippen LogP contribution in [0.25, 0.3) is 0 Å². The number of ether oxygens (including phenoxy) is 2. The summed E-state index contributed by atoms with van der Waals surface area (Å²) >= 11 is 0. The molecule has 0 radical (unpaired) electrons. The third-order valence-corrected chi connectivity index (χ3v) is 5.77. The highest BCUT2D eigenvalue weighted by atomic mass is 16.6. The fraction of sp³-hybridized carbons (Fsp3) is 0.579. The summed E-state index contributed by atoms with van der Waals surface area (Å²) in [7, 11) is 0. The van der Waals surface area contributed by atoms with E-state index >= 15 is 0 Å². The number of rotatable bonds is 3. The van der Waals surface area contributed by atoms with Gasteiger partial charge in [-0.2, -0.15) is 0 Å². The van der Waals surface area contributed by atoms with E-state index in [0.29, 0.717) is 24.0 Å². The fourth-order valence-electron chi connectivity index (χ4n) is 4.39. The Balaban J connectivity index is 1.99.